The Bertz CT molecular complexity index is 180. The minimum Gasteiger partial charge on any atom is -0.316 e. The first-order valence-electron chi connectivity index (χ1n) is 6.43. The molecule has 1 heterocycles. The number of hydrogen-bond acceptors (Lipinski definition) is 1. The van der Waals surface area contributed by atoms with Crippen LogP contribution in [0.5, 0.6) is 0 Å². The molecule has 1 heteroatoms. The summed E-state index contributed by atoms with van der Waals surface area (Å²) in [6, 6.07) is 0. The summed E-state index contributed by atoms with van der Waals surface area (Å²) in [6.07, 6.45) is 8.87. The van der Waals surface area contributed by atoms with Gasteiger partial charge in [0.15, 0.2) is 0 Å². The Morgan fingerprint density at radius 2 is 2.00 bits per heavy atom. The van der Waals surface area contributed by atoms with Crippen molar-refractivity contribution >= 4 is 0 Å². The molecule has 1 aliphatic heterocycles. The Balaban J connectivity index is 1.93. The minimum atomic E-state index is 0.712. The maximum atomic E-state index is 3.55. The highest BCUT2D eigenvalue weighted by Crippen LogP contribution is 2.42. The summed E-state index contributed by atoms with van der Waals surface area (Å²) in [5.41, 5.74) is 0.712. The van der Waals surface area contributed by atoms with E-state index in [9.17, 15) is 0 Å². The molecule has 1 spiro atoms. The van der Waals surface area contributed by atoms with Crippen molar-refractivity contribution in [3.8, 4) is 0 Å². The Morgan fingerprint density at radius 1 is 1.14 bits per heavy atom. The van der Waals surface area contributed by atoms with E-state index in [0.717, 1.165) is 11.8 Å². The first kappa shape index (κ1) is 10.5. The molecule has 1 nitrogen and oxygen atoms in total. The van der Waals surface area contributed by atoms with Gasteiger partial charge in [0.2, 0.25) is 0 Å². The normalized spacial score (nSPS) is 39.2. The van der Waals surface area contributed by atoms with Crippen molar-refractivity contribution in [2.24, 2.45) is 17.3 Å². The summed E-state index contributed by atoms with van der Waals surface area (Å²) in [4.78, 5) is 0. The molecule has 0 amide bonds. The van der Waals surface area contributed by atoms with Crippen LogP contribution < -0.4 is 5.32 Å². The van der Waals surface area contributed by atoms with Crippen LogP contribution in [0.4, 0.5) is 0 Å². The van der Waals surface area contributed by atoms with Crippen LogP contribution in [-0.2, 0) is 0 Å². The van der Waals surface area contributed by atoms with Crippen molar-refractivity contribution in [2.45, 2.75) is 52.4 Å². The van der Waals surface area contributed by atoms with Crippen molar-refractivity contribution in [3.63, 3.8) is 0 Å². The van der Waals surface area contributed by atoms with Crippen molar-refractivity contribution in [3.05, 3.63) is 0 Å². The molecule has 2 unspecified atom stereocenters. The standard InChI is InChI=1S/C13H25N/c1-11(2)12-4-3-6-13(7-5-12)8-9-14-10-13/h11-12,14H,3-10H2,1-2H3. The van der Waals surface area contributed by atoms with Crippen LogP contribution in [0.15, 0.2) is 0 Å². The second-order valence-electron chi connectivity index (χ2n) is 5.86. The molecule has 1 aliphatic carbocycles. The lowest BCUT2D eigenvalue weighted by Crippen LogP contribution is -2.23. The van der Waals surface area contributed by atoms with Crippen LogP contribution in [0.1, 0.15) is 52.4 Å². The Hall–Kier alpha value is -0.0400. The monoisotopic (exact) mass is 195 g/mol. The highest BCUT2D eigenvalue weighted by molar-refractivity contribution is 4.90. The maximum absolute atomic E-state index is 3.55. The molecule has 1 saturated carbocycles. The van der Waals surface area contributed by atoms with Gasteiger partial charge in [-0.1, -0.05) is 26.7 Å². The van der Waals surface area contributed by atoms with Gasteiger partial charge in [0.1, 0.15) is 0 Å². The zero-order valence-corrected chi connectivity index (χ0v) is 9.81. The van der Waals surface area contributed by atoms with E-state index >= 15 is 0 Å². The lowest BCUT2D eigenvalue weighted by molar-refractivity contribution is 0.263. The van der Waals surface area contributed by atoms with Gasteiger partial charge in [0, 0.05) is 6.54 Å². The molecule has 1 N–H and O–H groups in total. The Kier molecular flexibility index (Phi) is 3.16. The van der Waals surface area contributed by atoms with E-state index in [0.29, 0.717) is 5.41 Å². The maximum Gasteiger partial charge on any atom is 0.000829 e. The first-order valence-corrected chi connectivity index (χ1v) is 6.43. The van der Waals surface area contributed by atoms with Gasteiger partial charge in [-0.3, -0.25) is 0 Å². The molecular formula is C13H25N. The molecule has 2 fully saturated rings. The molecule has 82 valence electrons. The number of hydrogen-bond donors (Lipinski definition) is 1. The van der Waals surface area contributed by atoms with E-state index in [-0.39, 0.29) is 0 Å². The predicted octanol–water partition coefficient (Wildman–Crippen LogP) is 3.20. The number of nitrogens with one attached hydrogen (secondary N) is 1. The second-order valence-corrected chi connectivity index (χ2v) is 5.86. The summed E-state index contributed by atoms with van der Waals surface area (Å²) in [7, 11) is 0. The Morgan fingerprint density at radius 3 is 2.64 bits per heavy atom. The fourth-order valence-corrected chi connectivity index (χ4v) is 3.39. The third-order valence-corrected chi connectivity index (χ3v) is 4.60. The quantitative estimate of drug-likeness (QED) is 0.677. The smallest absolute Gasteiger partial charge is 0.000829 e. The SMILES string of the molecule is CC(C)C1CCCC2(CCNC2)CC1. The second kappa shape index (κ2) is 4.22. The minimum absolute atomic E-state index is 0.712. The molecule has 2 aliphatic rings. The van der Waals surface area contributed by atoms with Gasteiger partial charge in [0.05, 0.1) is 0 Å². The van der Waals surface area contributed by atoms with Gasteiger partial charge < -0.3 is 5.32 Å². The molecule has 0 bridgehead atoms. The summed E-state index contributed by atoms with van der Waals surface area (Å²) in [5, 5.41) is 3.55. The summed E-state index contributed by atoms with van der Waals surface area (Å²) >= 11 is 0. The van der Waals surface area contributed by atoms with Gasteiger partial charge in [-0.05, 0) is 49.5 Å². The average Bonchev–Trinajstić information content (AvgIpc) is 2.47. The molecule has 14 heavy (non-hydrogen) atoms. The van der Waals surface area contributed by atoms with Crippen LogP contribution in [0.25, 0.3) is 0 Å². The number of rotatable bonds is 1. The van der Waals surface area contributed by atoms with Gasteiger partial charge >= 0.3 is 0 Å². The third kappa shape index (κ3) is 2.13. The first-order chi connectivity index (χ1) is 6.72. The lowest BCUT2D eigenvalue weighted by atomic mass is 9.79. The van der Waals surface area contributed by atoms with Gasteiger partial charge in [-0.25, -0.2) is 0 Å². The molecular weight excluding hydrogens is 170 g/mol. The topological polar surface area (TPSA) is 12.0 Å². The third-order valence-electron chi connectivity index (χ3n) is 4.60. The Labute approximate surface area is 88.7 Å². The van der Waals surface area contributed by atoms with Crippen LogP contribution in [0.3, 0.4) is 0 Å². The van der Waals surface area contributed by atoms with Gasteiger partial charge in [-0.2, -0.15) is 0 Å². The van der Waals surface area contributed by atoms with Crippen LogP contribution in [0.2, 0.25) is 0 Å². The van der Waals surface area contributed by atoms with E-state index in [2.05, 4.69) is 19.2 Å². The van der Waals surface area contributed by atoms with Crippen LogP contribution in [0, 0.1) is 17.3 Å². The highest BCUT2D eigenvalue weighted by Gasteiger charge is 2.35. The summed E-state index contributed by atoms with van der Waals surface area (Å²) in [5.74, 6) is 1.91. The molecule has 2 rings (SSSR count). The summed E-state index contributed by atoms with van der Waals surface area (Å²) in [6.45, 7) is 7.37. The van der Waals surface area contributed by atoms with Crippen molar-refractivity contribution in [1.29, 1.82) is 0 Å². The van der Waals surface area contributed by atoms with Crippen molar-refractivity contribution < 1.29 is 0 Å². The van der Waals surface area contributed by atoms with Crippen molar-refractivity contribution in [1.82, 2.24) is 5.32 Å². The summed E-state index contributed by atoms with van der Waals surface area (Å²) < 4.78 is 0. The van der Waals surface area contributed by atoms with Crippen LogP contribution in [-0.4, -0.2) is 13.1 Å². The molecule has 2 atom stereocenters. The zero-order chi connectivity index (χ0) is 10.0. The predicted molar refractivity (Wildman–Crippen MR) is 61.3 cm³/mol. The fraction of sp³-hybridized carbons (Fsp3) is 1.00. The zero-order valence-electron chi connectivity index (χ0n) is 9.81. The van der Waals surface area contributed by atoms with Gasteiger partial charge in [0.25, 0.3) is 0 Å². The van der Waals surface area contributed by atoms with E-state index < -0.39 is 0 Å². The van der Waals surface area contributed by atoms with E-state index in [1.165, 1.54) is 51.6 Å². The molecule has 0 aromatic heterocycles. The fourth-order valence-electron chi connectivity index (χ4n) is 3.39. The highest BCUT2D eigenvalue weighted by atomic mass is 14.9. The van der Waals surface area contributed by atoms with Crippen molar-refractivity contribution in [2.75, 3.05) is 13.1 Å². The largest absolute Gasteiger partial charge is 0.316 e. The molecule has 1 saturated heterocycles. The molecule has 0 aromatic carbocycles. The van der Waals surface area contributed by atoms with Gasteiger partial charge in [-0.15, -0.1) is 0 Å². The molecule has 0 aromatic rings. The van der Waals surface area contributed by atoms with Crippen LogP contribution >= 0.6 is 0 Å². The lowest BCUT2D eigenvalue weighted by Gasteiger charge is -2.26. The average molecular weight is 195 g/mol. The molecule has 0 radical (unpaired) electrons. The van der Waals surface area contributed by atoms with E-state index in [1.54, 1.807) is 0 Å². The van der Waals surface area contributed by atoms with E-state index in [1.807, 2.05) is 0 Å². The van der Waals surface area contributed by atoms with E-state index in [4.69, 9.17) is 0 Å².